The molecule has 0 spiro atoms. The van der Waals surface area contributed by atoms with E-state index >= 15 is 0 Å². The monoisotopic (exact) mass is 783 g/mol. The van der Waals surface area contributed by atoms with Crippen LogP contribution in [0.4, 0.5) is 13.2 Å². The van der Waals surface area contributed by atoms with E-state index in [2.05, 4.69) is 81.9 Å². The van der Waals surface area contributed by atoms with Gasteiger partial charge in [0.15, 0.2) is 17.5 Å². The molecule has 0 atom stereocenters. The smallest absolute Gasteiger partial charge is 0.312 e. The van der Waals surface area contributed by atoms with Crippen LogP contribution in [0.2, 0.25) is 0 Å². The summed E-state index contributed by atoms with van der Waals surface area (Å²) in [5.41, 5.74) is 9.33. The molecule has 0 saturated carbocycles. The van der Waals surface area contributed by atoms with Gasteiger partial charge in [-0.15, -0.1) is 0 Å². The second kappa shape index (κ2) is 14.0. The number of hydrogen-bond donors (Lipinski definition) is 0. The molecule has 1 aliphatic carbocycles. The second-order valence-electron chi connectivity index (χ2n) is 14.9. The fraction of sp³-hybridized carbons (Fsp3) is 0.0577. The minimum Gasteiger partial charge on any atom is -0.312 e. The molecule has 8 heteroatoms. The van der Waals surface area contributed by atoms with Gasteiger partial charge in [-0.3, -0.25) is 0 Å². The Kier molecular flexibility index (Phi) is 8.24. The highest BCUT2D eigenvalue weighted by atomic mass is 19.4. The third-order valence-corrected chi connectivity index (χ3v) is 11.3. The first-order chi connectivity index (χ1) is 29.4. The molecule has 10 aromatic rings. The normalized spacial score (nSPS) is 12.6. The Labute approximate surface area is 343 Å². The van der Waals surface area contributed by atoms with Gasteiger partial charge >= 0.3 is 6.18 Å². The van der Waals surface area contributed by atoms with Crippen molar-refractivity contribution in [3.63, 3.8) is 0 Å². The van der Waals surface area contributed by atoms with E-state index in [1.54, 1.807) is 0 Å². The SMILES string of the molecule is FC(F)(F)c1cc#cc(-c2cc(-c3nc(-c4ccccc4)nc(-c4ccccc4)n3)ccc2-n2c3c(c4c5c6ccccc6n(-c6ccccc6)c5ccc42)C=CCC3)c1. The number of fused-ring (bicyclic) bond motifs is 7. The minimum absolute atomic E-state index is 0.256. The zero-order chi connectivity index (χ0) is 40.4. The van der Waals surface area contributed by atoms with Crippen LogP contribution in [-0.4, -0.2) is 24.1 Å². The lowest BCUT2D eigenvalue weighted by molar-refractivity contribution is -0.137. The highest BCUT2D eigenvalue weighted by Crippen LogP contribution is 2.45. The lowest BCUT2D eigenvalue weighted by atomic mass is 9.98. The van der Waals surface area contributed by atoms with E-state index in [1.165, 1.54) is 0 Å². The van der Waals surface area contributed by atoms with Gasteiger partial charge in [0.25, 0.3) is 0 Å². The first-order valence-electron chi connectivity index (χ1n) is 19.7. The van der Waals surface area contributed by atoms with Gasteiger partial charge in [-0.1, -0.05) is 121 Å². The summed E-state index contributed by atoms with van der Waals surface area (Å²) in [5, 5.41) is 3.34. The standard InChI is InChI=1S/C52H32F3N5/c53-52(54,55)37-20-14-19-35(31-37)41-32-36(51-57-49(33-15-4-1-5-16-33)56-50(58-51)34-17-6-2-7-18-34)27-28-44(41)60-43-26-13-11-24-40(43)48-46(60)30-29-45-47(48)39-23-10-12-25-42(39)59(45)38-21-8-3-9-22-38/h1-12,15-18,20-25,27-32H,13,26H2. The molecule has 0 radical (unpaired) electrons. The molecule has 0 bridgehead atoms. The summed E-state index contributed by atoms with van der Waals surface area (Å²) >= 11 is 0. The molecule has 0 aliphatic heterocycles. The third-order valence-electron chi connectivity index (χ3n) is 11.3. The molecule has 0 amide bonds. The minimum atomic E-state index is -4.58. The number of hydrogen-bond acceptors (Lipinski definition) is 3. The Morgan fingerprint density at radius 1 is 0.567 bits per heavy atom. The van der Waals surface area contributed by atoms with E-state index in [4.69, 9.17) is 15.0 Å². The number of alkyl halides is 3. The van der Waals surface area contributed by atoms with Crippen molar-refractivity contribution in [2.24, 2.45) is 0 Å². The molecule has 7 aromatic carbocycles. The van der Waals surface area contributed by atoms with Gasteiger partial charge in [0.2, 0.25) is 0 Å². The Balaban J connectivity index is 1.20. The summed E-state index contributed by atoms with van der Waals surface area (Å²) in [6.45, 7) is 0. The Bertz CT molecular complexity index is 3230. The molecule has 1 aliphatic rings. The molecular weight excluding hydrogens is 752 g/mol. The molecule has 60 heavy (non-hydrogen) atoms. The van der Waals surface area contributed by atoms with E-state index < -0.39 is 11.7 Å². The summed E-state index contributed by atoms with van der Waals surface area (Å²) in [6.07, 6.45) is 1.39. The summed E-state index contributed by atoms with van der Waals surface area (Å²) < 4.78 is 47.6. The predicted molar refractivity (Wildman–Crippen MR) is 233 cm³/mol. The Morgan fingerprint density at radius 2 is 1.18 bits per heavy atom. The molecule has 0 N–H and O–H groups in total. The number of nitrogens with zero attached hydrogens (tertiary/aromatic N) is 5. The number of rotatable bonds is 6. The zero-order valence-electron chi connectivity index (χ0n) is 31.9. The molecule has 5 nitrogen and oxygen atoms in total. The molecule has 11 rings (SSSR count). The summed E-state index contributed by atoms with van der Waals surface area (Å²) in [7, 11) is 0. The highest BCUT2D eigenvalue weighted by molar-refractivity contribution is 6.23. The van der Waals surface area contributed by atoms with Crippen molar-refractivity contribution in [3.8, 4) is 56.7 Å². The highest BCUT2D eigenvalue weighted by Gasteiger charge is 2.31. The van der Waals surface area contributed by atoms with Gasteiger partial charge in [-0.2, -0.15) is 13.2 Å². The van der Waals surface area contributed by atoms with Crippen molar-refractivity contribution in [2.75, 3.05) is 0 Å². The third kappa shape index (κ3) is 5.85. The lowest BCUT2D eigenvalue weighted by Gasteiger charge is -2.18. The van der Waals surface area contributed by atoms with Gasteiger partial charge in [-0.25, -0.2) is 15.0 Å². The number of benzene rings is 6. The number of halogens is 3. The quantitative estimate of drug-likeness (QED) is 0.169. The fourth-order valence-corrected chi connectivity index (χ4v) is 8.65. The Hall–Kier alpha value is -7.76. The van der Waals surface area contributed by atoms with Crippen LogP contribution in [0, 0.1) is 12.1 Å². The van der Waals surface area contributed by atoms with E-state index in [9.17, 15) is 13.2 Å². The number of aromatic nitrogens is 5. The molecule has 3 aromatic heterocycles. The van der Waals surface area contributed by atoms with Crippen LogP contribution in [0.1, 0.15) is 23.2 Å². The van der Waals surface area contributed by atoms with Crippen molar-refractivity contribution in [2.45, 2.75) is 19.0 Å². The largest absolute Gasteiger partial charge is 0.417 e. The molecule has 3 heterocycles. The van der Waals surface area contributed by atoms with Crippen molar-refractivity contribution in [3.05, 3.63) is 193 Å². The molecule has 286 valence electrons. The van der Waals surface area contributed by atoms with Crippen LogP contribution < -0.4 is 0 Å². The van der Waals surface area contributed by atoms with Gasteiger partial charge < -0.3 is 9.13 Å². The molecular formula is C52H32F3N5. The van der Waals surface area contributed by atoms with Gasteiger partial charge in [0.05, 0.1) is 27.8 Å². The van der Waals surface area contributed by atoms with Crippen LogP contribution >= 0.6 is 0 Å². The van der Waals surface area contributed by atoms with Gasteiger partial charge in [0, 0.05) is 67.0 Å². The maximum absolute atomic E-state index is 14.4. The maximum atomic E-state index is 14.4. The summed E-state index contributed by atoms with van der Waals surface area (Å²) in [4.78, 5) is 14.8. The van der Waals surface area contributed by atoms with Crippen LogP contribution in [0.5, 0.6) is 0 Å². The predicted octanol–water partition coefficient (Wildman–Crippen LogP) is 13.2. The average molecular weight is 784 g/mol. The second-order valence-corrected chi connectivity index (χ2v) is 14.9. The van der Waals surface area contributed by atoms with E-state index in [0.29, 0.717) is 28.6 Å². The Morgan fingerprint density at radius 3 is 1.87 bits per heavy atom. The number of allylic oxidation sites excluding steroid dienone is 1. The molecule has 0 saturated heterocycles. The van der Waals surface area contributed by atoms with Crippen molar-refractivity contribution in [1.29, 1.82) is 0 Å². The van der Waals surface area contributed by atoms with Crippen LogP contribution in [-0.2, 0) is 12.6 Å². The number of para-hydroxylation sites is 2. The topological polar surface area (TPSA) is 48.5 Å². The van der Waals surface area contributed by atoms with E-state index in [1.807, 2.05) is 97.1 Å². The summed E-state index contributed by atoms with van der Waals surface area (Å²) in [6, 6.07) is 56.1. The lowest BCUT2D eigenvalue weighted by Crippen LogP contribution is -2.07. The van der Waals surface area contributed by atoms with E-state index in [0.717, 1.165) is 91.4 Å². The first kappa shape index (κ1) is 35.4. The summed E-state index contributed by atoms with van der Waals surface area (Å²) in [5.74, 6) is 1.36. The molecule has 0 fully saturated rings. The van der Waals surface area contributed by atoms with Crippen molar-refractivity contribution in [1.82, 2.24) is 24.1 Å². The fourth-order valence-electron chi connectivity index (χ4n) is 8.65. The van der Waals surface area contributed by atoms with Gasteiger partial charge in [0.1, 0.15) is 0 Å². The molecule has 0 unspecified atom stereocenters. The average Bonchev–Trinajstić information content (AvgIpc) is 3.82. The van der Waals surface area contributed by atoms with Gasteiger partial charge in [-0.05, 0) is 67.4 Å². The maximum Gasteiger partial charge on any atom is 0.417 e. The van der Waals surface area contributed by atoms with Crippen LogP contribution in [0.25, 0.3) is 95.5 Å². The van der Waals surface area contributed by atoms with E-state index in [-0.39, 0.29) is 5.56 Å². The van der Waals surface area contributed by atoms with Crippen molar-refractivity contribution < 1.29 is 13.2 Å². The van der Waals surface area contributed by atoms with Crippen molar-refractivity contribution >= 4 is 38.8 Å². The van der Waals surface area contributed by atoms with Crippen LogP contribution in [0.3, 0.4) is 0 Å². The first-order valence-corrected chi connectivity index (χ1v) is 19.7. The van der Waals surface area contributed by atoms with Crippen LogP contribution in [0.15, 0.2) is 164 Å². The zero-order valence-corrected chi connectivity index (χ0v) is 31.9.